The van der Waals surface area contributed by atoms with E-state index in [2.05, 4.69) is 23.3 Å². The van der Waals surface area contributed by atoms with Gasteiger partial charge in [0.1, 0.15) is 13.2 Å². The van der Waals surface area contributed by atoms with Gasteiger partial charge in [-0.3, -0.25) is 0 Å². The van der Waals surface area contributed by atoms with Gasteiger partial charge in [-0.25, -0.2) is 0 Å². The molecule has 1 N–H and O–H groups in total. The minimum atomic E-state index is 0.652. The Bertz CT molecular complexity index is 456. The summed E-state index contributed by atoms with van der Waals surface area (Å²) in [5, 5.41) is 3.56. The van der Waals surface area contributed by atoms with Crippen molar-refractivity contribution in [2.24, 2.45) is 5.92 Å². The highest BCUT2D eigenvalue weighted by atomic mass is 16.6. The first kappa shape index (κ1) is 14.7. The average molecular weight is 290 g/mol. The third-order valence-electron chi connectivity index (χ3n) is 4.53. The lowest BCUT2D eigenvalue weighted by atomic mass is 9.94. The number of likely N-dealkylation sites (tertiary alicyclic amines) is 1. The van der Waals surface area contributed by atoms with Crippen molar-refractivity contribution in [1.82, 2.24) is 10.2 Å². The van der Waals surface area contributed by atoms with Crippen molar-refractivity contribution in [3.8, 4) is 11.5 Å². The zero-order valence-corrected chi connectivity index (χ0v) is 12.9. The lowest BCUT2D eigenvalue weighted by molar-refractivity contribution is 0.169. The van der Waals surface area contributed by atoms with E-state index in [0.29, 0.717) is 13.2 Å². The molecule has 0 radical (unpaired) electrons. The van der Waals surface area contributed by atoms with Crippen LogP contribution in [0.2, 0.25) is 0 Å². The van der Waals surface area contributed by atoms with Gasteiger partial charge < -0.3 is 19.7 Å². The van der Waals surface area contributed by atoms with Crippen LogP contribution in [0.3, 0.4) is 0 Å². The van der Waals surface area contributed by atoms with Crippen molar-refractivity contribution in [1.29, 1.82) is 0 Å². The van der Waals surface area contributed by atoms with Crippen molar-refractivity contribution < 1.29 is 9.47 Å². The van der Waals surface area contributed by atoms with E-state index in [1.807, 2.05) is 12.1 Å². The summed E-state index contributed by atoms with van der Waals surface area (Å²) in [4.78, 5) is 2.43. The molecule has 0 aliphatic carbocycles. The fraction of sp³-hybridized carbons (Fsp3) is 0.647. The second-order valence-electron chi connectivity index (χ2n) is 6.15. The molecule has 4 heteroatoms. The van der Waals surface area contributed by atoms with Gasteiger partial charge in [0.2, 0.25) is 0 Å². The Kier molecular flexibility index (Phi) is 4.99. The van der Waals surface area contributed by atoms with Crippen molar-refractivity contribution in [3.63, 3.8) is 0 Å². The molecule has 1 fully saturated rings. The highest BCUT2D eigenvalue weighted by Crippen LogP contribution is 2.33. The number of nitrogens with one attached hydrogen (secondary N) is 1. The predicted octanol–water partition coefficient (Wildman–Crippen LogP) is 2.28. The Morgan fingerprint density at radius 3 is 2.86 bits per heavy atom. The fourth-order valence-electron chi connectivity index (χ4n) is 3.15. The minimum Gasteiger partial charge on any atom is -0.486 e. The van der Waals surface area contributed by atoms with Crippen LogP contribution in [0.15, 0.2) is 18.2 Å². The van der Waals surface area contributed by atoms with E-state index in [1.165, 1.54) is 37.9 Å². The van der Waals surface area contributed by atoms with Crippen LogP contribution in [0.5, 0.6) is 11.5 Å². The molecule has 0 atom stereocenters. The number of para-hydroxylation sites is 1. The summed E-state index contributed by atoms with van der Waals surface area (Å²) in [6.45, 7) is 5.75. The van der Waals surface area contributed by atoms with Gasteiger partial charge in [0.05, 0.1) is 0 Å². The van der Waals surface area contributed by atoms with Crippen LogP contribution >= 0.6 is 0 Å². The smallest absolute Gasteiger partial charge is 0.165 e. The molecule has 2 aliphatic rings. The van der Waals surface area contributed by atoms with Gasteiger partial charge in [0.25, 0.3) is 0 Å². The molecule has 1 saturated heterocycles. The number of hydrogen-bond donors (Lipinski definition) is 1. The van der Waals surface area contributed by atoms with Crippen molar-refractivity contribution >= 4 is 0 Å². The van der Waals surface area contributed by atoms with Crippen LogP contribution in [0.1, 0.15) is 24.8 Å². The van der Waals surface area contributed by atoms with E-state index in [0.717, 1.165) is 30.5 Å². The van der Waals surface area contributed by atoms with Crippen LogP contribution in [-0.4, -0.2) is 44.8 Å². The maximum absolute atomic E-state index is 5.74. The molecule has 0 unspecified atom stereocenters. The second kappa shape index (κ2) is 7.14. The largest absolute Gasteiger partial charge is 0.486 e. The molecule has 0 spiro atoms. The summed E-state index contributed by atoms with van der Waals surface area (Å²) < 4.78 is 11.4. The zero-order valence-electron chi connectivity index (χ0n) is 12.9. The molecule has 3 rings (SSSR count). The fourth-order valence-corrected chi connectivity index (χ4v) is 3.15. The van der Waals surface area contributed by atoms with Crippen LogP contribution in [-0.2, 0) is 6.54 Å². The number of nitrogens with zero attached hydrogens (tertiary/aromatic N) is 1. The normalized spacial score (nSPS) is 19.7. The first-order chi connectivity index (χ1) is 10.3. The van der Waals surface area contributed by atoms with E-state index in [1.54, 1.807) is 0 Å². The lowest BCUT2D eigenvalue weighted by Crippen LogP contribution is -2.31. The maximum atomic E-state index is 5.74. The van der Waals surface area contributed by atoms with Crippen molar-refractivity contribution in [2.75, 3.05) is 39.9 Å². The van der Waals surface area contributed by atoms with Crippen LogP contribution < -0.4 is 14.8 Å². The van der Waals surface area contributed by atoms with Gasteiger partial charge in [-0.05, 0) is 57.9 Å². The van der Waals surface area contributed by atoms with Crippen molar-refractivity contribution in [3.05, 3.63) is 23.8 Å². The first-order valence-corrected chi connectivity index (χ1v) is 8.09. The molecule has 116 valence electrons. The van der Waals surface area contributed by atoms with E-state index in [9.17, 15) is 0 Å². The maximum Gasteiger partial charge on any atom is 0.165 e. The number of fused-ring (bicyclic) bond motifs is 1. The standard InChI is InChI=1S/C17H26N2O2/c1-19-9-6-14(7-10-19)5-8-18-13-15-3-2-4-16-17(15)21-12-11-20-16/h2-4,14,18H,5-13H2,1H3. The highest BCUT2D eigenvalue weighted by molar-refractivity contribution is 5.47. The van der Waals surface area contributed by atoms with E-state index in [4.69, 9.17) is 9.47 Å². The van der Waals surface area contributed by atoms with E-state index in [-0.39, 0.29) is 0 Å². The Morgan fingerprint density at radius 1 is 1.19 bits per heavy atom. The van der Waals surface area contributed by atoms with Gasteiger partial charge in [-0.1, -0.05) is 12.1 Å². The topological polar surface area (TPSA) is 33.7 Å². The third-order valence-corrected chi connectivity index (χ3v) is 4.53. The van der Waals surface area contributed by atoms with Gasteiger partial charge in [-0.15, -0.1) is 0 Å². The van der Waals surface area contributed by atoms with Gasteiger partial charge in [-0.2, -0.15) is 0 Å². The zero-order chi connectivity index (χ0) is 14.5. The molecular weight excluding hydrogens is 264 g/mol. The van der Waals surface area contributed by atoms with Gasteiger partial charge in [0.15, 0.2) is 11.5 Å². The summed E-state index contributed by atoms with van der Waals surface area (Å²) in [5.41, 5.74) is 1.20. The number of ether oxygens (including phenoxy) is 2. The molecule has 2 heterocycles. The summed E-state index contributed by atoms with van der Waals surface area (Å²) in [5.74, 6) is 2.70. The SMILES string of the molecule is CN1CCC(CCNCc2cccc3c2OCCO3)CC1. The summed E-state index contributed by atoms with van der Waals surface area (Å²) in [6, 6.07) is 6.15. The molecule has 0 amide bonds. The number of hydrogen-bond acceptors (Lipinski definition) is 4. The van der Waals surface area contributed by atoms with Gasteiger partial charge in [0, 0.05) is 12.1 Å². The second-order valence-corrected chi connectivity index (χ2v) is 6.15. The quantitative estimate of drug-likeness (QED) is 0.844. The molecule has 21 heavy (non-hydrogen) atoms. The monoisotopic (exact) mass is 290 g/mol. The molecule has 0 aromatic heterocycles. The molecule has 2 aliphatic heterocycles. The van der Waals surface area contributed by atoms with Crippen molar-refractivity contribution in [2.45, 2.75) is 25.8 Å². The van der Waals surface area contributed by atoms with E-state index < -0.39 is 0 Å². The predicted molar refractivity (Wildman–Crippen MR) is 84.0 cm³/mol. The minimum absolute atomic E-state index is 0.652. The van der Waals surface area contributed by atoms with Gasteiger partial charge >= 0.3 is 0 Å². The number of piperidine rings is 1. The molecule has 1 aromatic carbocycles. The van der Waals surface area contributed by atoms with E-state index >= 15 is 0 Å². The molecular formula is C17H26N2O2. The number of benzene rings is 1. The van der Waals surface area contributed by atoms with Crippen LogP contribution in [0.25, 0.3) is 0 Å². The van der Waals surface area contributed by atoms with Crippen LogP contribution in [0, 0.1) is 5.92 Å². The number of rotatable bonds is 5. The Labute approximate surface area is 127 Å². The Morgan fingerprint density at radius 2 is 2.00 bits per heavy atom. The van der Waals surface area contributed by atoms with Crippen LogP contribution in [0.4, 0.5) is 0 Å². The summed E-state index contributed by atoms with van der Waals surface area (Å²) >= 11 is 0. The first-order valence-electron chi connectivity index (χ1n) is 8.09. The lowest BCUT2D eigenvalue weighted by Gasteiger charge is -2.29. The molecule has 1 aromatic rings. The third kappa shape index (κ3) is 3.89. The molecule has 0 bridgehead atoms. The molecule has 4 nitrogen and oxygen atoms in total. The summed E-state index contributed by atoms with van der Waals surface area (Å²) in [7, 11) is 2.22. The molecule has 0 saturated carbocycles. The highest BCUT2D eigenvalue weighted by Gasteiger charge is 2.17. The Hall–Kier alpha value is -1.26. The Balaban J connectivity index is 1.43. The average Bonchev–Trinajstić information content (AvgIpc) is 2.53. The summed E-state index contributed by atoms with van der Waals surface area (Å²) in [6.07, 6.45) is 3.96.